The zero-order valence-electron chi connectivity index (χ0n) is 11.3. The van der Waals surface area contributed by atoms with Gasteiger partial charge in [-0.05, 0) is 48.4 Å². The van der Waals surface area contributed by atoms with Gasteiger partial charge in [0.1, 0.15) is 5.75 Å². The highest BCUT2D eigenvalue weighted by molar-refractivity contribution is 6.30. The molecule has 0 bridgehead atoms. The standard InChI is InChI=1S/C16H16ClNO3/c17-13-5-3-12(4-6-13)16(21)18-14(10-19)9-11-1-7-15(20)8-2-11/h1-8,14,19-20H,9-10H2,(H,18,21)/t14-/m0/s1. The third-order valence-corrected chi connectivity index (χ3v) is 3.33. The molecule has 3 N–H and O–H groups in total. The Hall–Kier alpha value is -2.04. The van der Waals surface area contributed by atoms with E-state index in [-0.39, 0.29) is 18.3 Å². The van der Waals surface area contributed by atoms with Crippen LogP contribution in [-0.4, -0.2) is 28.8 Å². The van der Waals surface area contributed by atoms with Crippen molar-refractivity contribution in [3.63, 3.8) is 0 Å². The minimum Gasteiger partial charge on any atom is -0.508 e. The van der Waals surface area contributed by atoms with Crippen molar-refractivity contribution in [3.05, 3.63) is 64.7 Å². The van der Waals surface area contributed by atoms with E-state index in [9.17, 15) is 15.0 Å². The molecule has 2 rings (SSSR count). The van der Waals surface area contributed by atoms with Gasteiger partial charge in [0, 0.05) is 10.6 Å². The number of phenolic OH excluding ortho intramolecular Hbond substituents is 1. The zero-order chi connectivity index (χ0) is 15.2. The van der Waals surface area contributed by atoms with Crippen LogP contribution in [0.4, 0.5) is 0 Å². The first-order valence-electron chi connectivity index (χ1n) is 6.53. The molecule has 1 atom stereocenters. The van der Waals surface area contributed by atoms with Gasteiger partial charge in [0.2, 0.25) is 0 Å². The molecule has 0 spiro atoms. The maximum atomic E-state index is 12.1. The molecule has 0 saturated carbocycles. The van der Waals surface area contributed by atoms with Gasteiger partial charge in [0.15, 0.2) is 0 Å². The Morgan fingerprint density at radius 3 is 2.29 bits per heavy atom. The van der Waals surface area contributed by atoms with Crippen molar-refractivity contribution in [2.45, 2.75) is 12.5 Å². The smallest absolute Gasteiger partial charge is 0.251 e. The zero-order valence-corrected chi connectivity index (χ0v) is 12.0. The number of benzene rings is 2. The number of aliphatic hydroxyl groups excluding tert-OH is 1. The van der Waals surface area contributed by atoms with Gasteiger partial charge in [-0.25, -0.2) is 0 Å². The van der Waals surface area contributed by atoms with E-state index >= 15 is 0 Å². The molecule has 0 unspecified atom stereocenters. The first-order valence-corrected chi connectivity index (χ1v) is 6.91. The van der Waals surface area contributed by atoms with Crippen molar-refractivity contribution in [2.24, 2.45) is 0 Å². The second kappa shape index (κ2) is 7.11. The van der Waals surface area contributed by atoms with Crippen molar-refractivity contribution < 1.29 is 15.0 Å². The number of carbonyl (C=O) groups excluding carboxylic acids is 1. The van der Waals surface area contributed by atoms with Gasteiger partial charge in [-0.1, -0.05) is 23.7 Å². The summed E-state index contributed by atoms with van der Waals surface area (Å²) in [4.78, 5) is 12.1. The van der Waals surface area contributed by atoms with E-state index in [0.29, 0.717) is 17.0 Å². The Balaban J connectivity index is 1.99. The van der Waals surface area contributed by atoms with Crippen LogP contribution in [0, 0.1) is 0 Å². The van der Waals surface area contributed by atoms with Crippen LogP contribution in [0.15, 0.2) is 48.5 Å². The molecule has 0 aliphatic rings. The molecule has 0 saturated heterocycles. The molecule has 5 heteroatoms. The molecule has 0 aliphatic heterocycles. The fraction of sp³-hybridized carbons (Fsp3) is 0.188. The summed E-state index contributed by atoms with van der Waals surface area (Å²) < 4.78 is 0. The predicted molar refractivity (Wildman–Crippen MR) is 81.6 cm³/mol. The van der Waals surface area contributed by atoms with E-state index in [1.165, 1.54) is 0 Å². The fourth-order valence-electron chi connectivity index (χ4n) is 1.95. The predicted octanol–water partition coefficient (Wildman–Crippen LogP) is 2.38. The molecule has 0 radical (unpaired) electrons. The largest absolute Gasteiger partial charge is 0.508 e. The van der Waals surface area contributed by atoms with Gasteiger partial charge in [-0.15, -0.1) is 0 Å². The fourth-order valence-corrected chi connectivity index (χ4v) is 2.07. The van der Waals surface area contributed by atoms with Crippen molar-refractivity contribution in [2.75, 3.05) is 6.61 Å². The van der Waals surface area contributed by atoms with Gasteiger partial charge in [0.25, 0.3) is 5.91 Å². The third-order valence-electron chi connectivity index (χ3n) is 3.08. The summed E-state index contributed by atoms with van der Waals surface area (Å²) in [5, 5.41) is 22.0. The van der Waals surface area contributed by atoms with Crippen molar-refractivity contribution in [3.8, 4) is 5.75 Å². The molecule has 0 fully saturated rings. The highest BCUT2D eigenvalue weighted by Crippen LogP contribution is 2.12. The Bertz CT molecular complexity index is 596. The minimum absolute atomic E-state index is 0.166. The SMILES string of the molecule is O=C(N[C@H](CO)Cc1ccc(O)cc1)c1ccc(Cl)cc1. The molecule has 0 heterocycles. The van der Waals surface area contributed by atoms with Crippen LogP contribution in [0.1, 0.15) is 15.9 Å². The summed E-state index contributed by atoms with van der Waals surface area (Å²) in [5.41, 5.74) is 1.41. The molecule has 2 aromatic carbocycles. The Morgan fingerprint density at radius 1 is 1.10 bits per heavy atom. The Morgan fingerprint density at radius 2 is 1.71 bits per heavy atom. The quantitative estimate of drug-likeness (QED) is 0.794. The molecule has 2 aromatic rings. The Labute approximate surface area is 128 Å². The number of phenols is 1. The van der Waals surface area contributed by atoms with Crippen molar-refractivity contribution >= 4 is 17.5 Å². The van der Waals surface area contributed by atoms with Crippen LogP contribution in [0.25, 0.3) is 0 Å². The summed E-state index contributed by atoms with van der Waals surface area (Å²) >= 11 is 5.78. The number of rotatable bonds is 5. The van der Waals surface area contributed by atoms with Gasteiger partial charge >= 0.3 is 0 Å². The summed E-state index contributed by atoms with van der Waals surface area (Å²) in [6, 6.07) is 12.8. The number of nitrogens with one attached hydrogen (secondary N) is 1. The number of hydrogen-bond donors (Lipinski definition) is 3. The maximum absolute atomic E-state index is 12.1. The molecular formula is C16H16ClNO3. The lowest BCUT2D eigenvalue weighted by Crippen LogP contribution is -2.39. The van der Waals surface area contributed by atoms with Gasteiger partial charge in [-0.2, -0.15) is 0 Å². The second-order valence-corrected chi connectivity index (χ2v) is 5.17. The van der Waals surface area contributed by atoms with Crippen LogP contribution >= 0.6 is 11.6 Å². The number of hydrogen-bond acceptors (Lipinski definition) is 3. The van der Waals surface area contributed by atoms with Crippen LogP contribution in [0.3, 0.4) is 0 Å². The molecule has 0 aromatic heterocycles. The van der Waals surface area contributed by atoms with Crippen LogP contribution in [-0.2, 0) is 6.42 Å². The first-order chi connectivity index (χ1) is 10.1. The number of halogens is 1. The lowest BCUT2D eigenvalue weighted by molar-refractivity contribution is 0.0916. The molecule has 4 nitrogen and oxygen atoms in total. The van der Waals surface area contributed by atoms with E-state index in [4.69, 9.17) is 11.6 Å². The highest BCUT2D eigenvalue weighted by Gasteiger charge is 2.13. The van der Waals surface area contributed by atoms with Crippen molar-refractivity contribution in [1.29, 1.82) is 0 Å². The average Bonchev–Trinajstić information content (AvgIpc) is 2.49. The number of aliphatic hydroxyl groups is 1. The molecule has 1 amide bonds. The monoisotopic (exact) mass is 305 g/mol. The van der Waals surface area contributed by atoms with Crippen LogP contribution in [0.5, 0.6) is 5.75 Å². The van der Waals surface area contributed by atoms with Crippen LogP contribution in [0.2, 0.25) is 5.02 Å². The molecular weight excluding hydrogens is 290 g/mol. The average molecular weight is 306 g/mol. The first kappa shape index (κ1) is 15.4. The normalized spacial score (nSPS) is 11.9. The topological polar surface area (TPSA) is 69.6 Å². The molecule has 21 heavy (non-hydrogen) atoms. The van der Waals surface area contributed by atoms with Crippen molar-refractivity contribution in [1.82, 2.24) is 5.32 Å². The molecule has 0 aliphatic carbocycles. The van der Waals surface area contributed by atoms with Crippen LogP contribution < -0.4 is 5.32 Å². The lowest BCUT2D eigenvalue weighted by atomic mass is 10.1. The number of carbonyl (C=O) groups is 1. The summed E-state index contributed by atoms with van der Waals surface area (Å²) in [7, 11) is 0. The molecule has 110 valence electrons. The van der Waals surface area contributed by atoms with E-state index in [1.807, 2.05) is 0 Å². The number of amides is 1. The third kappa shape index (κ3) is 4.48. The van der Waals surface area contributed by atoms with Gasteiger partial charge in [-0.3, -0.25) is 4.79 Å². The summed E-state index contributed by atoms with van der Waals surface area (Å²) in [6.45, 7) is -0.166. The number of aromatic hydroxyl groups is 1. The summed E-state index contributed by atoms with van der Waals surface area (Å²) in [6.07, 6.45) is 0.482. The highest BCUT2D eigenvalue weighted by atomic mass is 35.5. The van der Waals surface area contributed by atoms with E-state index in [0.717, 1.165) is 5.56 Å². The van der Waals surface area contributed by atoms with E-state index in [2.05, 4.69) is 5.32 Å². The van der Waals surface area contributed by atoms with Gasteiger partial charge < -0.3 is 15.5 Å². The van der Waals surface area contributed by atoms with E-state index in [1.54, 1.807) is 48.5 Å². The van der Waals surface area contributed by atoms with E-state index < -0.39 is 6.04 Å². The lowest BCUT2D eigenvalue weighted by Gasteiger charge is -2.16. The maximum Gasteiger partial charge on any atom is 0.251 e. The summed E-state index contributed by atoms with van der Waals surface area (Å²) in [5.74, 6) is -0.0750. The second-order valence-electron chi connectivity index (χ2n) is 4.73. The van der Waals surface area contributed by atoms with Gasteiger partial charge in [0.05, 0.1) is 12.6 Å². The minimum atomic E-state index is -0.391. The Kier molecular flexibility index (Phi) is 5.20.